The minimum Gasteiger partial charge on any atom is -0.465 e. The molecule has 7 heteroatoms. The van der Waals surface area contributed by atoms with Gasteiger partial charge in [-0.25, -0.2) is 13.6 Å². The number of halogens is 2. The van der Waals surface area contributed by atoms with Crippen LogP contribution >= 0.6 is 0 Å². The van der Waals surface area contributed by atoms with Gasteiger partial charge >= 0.3 is 6.09 Å². The van der Waals surface area contributed by atoms with E-state index in [0.717, 1.165) is 0 Å². The lowest BCUT2D eigenvalue weighted by Gasteiger charge is -2.38. The summed E-state index contributed by atoms with van der Waals surface area (Å²) in [4.78, 5) is 14.0. The van der Waals surface area contributed by atoms with Crippen molar-refractivity contribution < 1.29 is 23.4 Å². The highest BCUT2D eigenvalue weighted by atomic mass is 19.3. The Bertz CT molecular complexity index is 333. The van der Waals surface area contributed by atoms with E-state index in [9.17, 15) is 13.6 Å². The first kappa shape index (κ1) is 14.5. The zero-order chi connectivity index (χ0) is 14.0. The van der Waals surface area contributed by atoms with Crippen LogP contribution < -0.4 is 0 Å². The van der Waals surface area contributed by atoms with Gasteiger partial charge in [-0.2, -0.15) is 0 Å². The quantitative estimate of drug-likeness (QED) is 0.849. The molecule has 0 unspecified atom stereocenters. The van der Waals surface area contributed by atoms with Gasteiger partial charge in [-0.05, 0) is 12.8 Å². The summed E-state index contributed by atoms with van der Waals surface area (Å²) in [6.07, 6.45) is 0.129. The number of hydrogen-bond acceptors (Lipinski definition) is 3. The lowest BCUT2D eigenvalue weighted by molar-refractivity contribution is 0.00305. The molecule has 1 atom stereocenters. The van der Waals surface area contributed by atoms with Gasteiger partial charge in [-0.1, -0.05) is 0 Å². The smallest absolute Gasteiger partial charge is 0.407 e. The summed E-state index contributed by atoms with van der Waals surface area (Å²) in [6.45, 7) is 0.900. The first-order valence-corrected chi connectivity index (χ1v) is 6.53. The summed E-state index contributed by atoms with van der Waals surface area (Å²) in [5, 5.41) is 8.88. The van der Waals surface area contributed by atoms with Crippen molar-refractivity contribution in [1.29, 1.82) is 0 Å². The van der Waals surface area contributed by atoms with Gasteiger partial charge in [0.1, 0.15) is 0 Å². The Morgan fingerprint density at radius 1 is 1.42 bits per heavy atom. The number of piperidine rings is 1. The average molecular weight is 278 g/mol. The van der Waals surface area contributed by atoms with E-state index in [2.05, 4.69) is 0 Å². The van der Waals surface area contributed by atoms with Crippen molar-refractivity contribution >= 4 is 6.09 Å². The molecule has 19 heavy (non-hydrogen) atoms. The van der Waals surface area contributed by atoms with Crippen LogP contribution in [-0.4, -0.2) is 72.4 Å². The first-order valence-electron chi connectivity index (χ1n) is 6.53. The molecular formula is C12H20F2N2O3. The Morgan fingerprint density at radius 3 is 2.58 bits per heavy atom. The topological polar surface area (TPSA) is 53.0 Å². The number of ether oxygens (including phenoxy) is 1. The number of rotatable bonds is 3. The predicted molar refractivity (Wildman–Crippen MR) is 64.6 cm³/mol. The van der Waals surface area contributed by atoms with Gasteiger partial charge in [-0.3, -0.25) is 4.90 Å². The van der Waals surface area contributed by atoms with Crippen LogP contribution in [-0.2, 0) is 4.74 Å². The van der Waals surface area contributed by atoms with E-state index in [1.54, 1.807) is 0 Å². The molecule has 2 saturated heterocycles. The Labute approximate surface area is 111 Å². The standard InChI is InChI=1S/C12H20F2N2O3/c1-19-7-10-6-12(13,14)8-16(10)9-2-4-15(5-3-9)11(17)18/h9-10H,2-8H2,1H3,(H,17,18)/t10-/m1/s1. The molecule has 0 bridgehead atoms. The average Bonchev–Trinajstić information content (AvgIpc) is 2.65. The van der Waals surface area contributed by atoms with Gasteiger partial charge < -0.3 is 14.7 Å². The number of nitrogens with zero attached hydrogens (tertiary/aromatic N) is 2. The third-order valence-corrected chi connectivity index (χ3v) is 3.98. The van der Waals surface area contributed by atoms with Gasteiger partial charge in [0.15, 0.2) is 0 Å². The van der Waals surface area contributed by atoms with Crippen LogP contribution in [0.2, 0.25) is 0 Å². The molecule has 5 nitrogen and oxygen atoms in total. The van der Waals surface area contributed by atoms with Crippen molar-refractivity contribution in [3.8, 4) is 0 Å². The zero-order valence-electron chi connectivity index (χ0n) is 11.0. The van der Waals surface area contributed by atoms with E-state index >= 15 is 0 Å². The fourth-order valence-corrected chi connectivity index (χ4v) is 3.09. The van der Waals surface area contributed by atoms with E-state index < -0.39 is 12.0 Å². The normalized spacial score (nSPS) is 28.8. The maximum absolute atomic E-state index is 13.5. The van der Waals surface area contributed by atoms with E-state index in [-0.39, 0.29) is 25.0 Å². The van der Waals surface area contributed by atoms with Crippen LogP contribution in [0.15, 0.2) is 0 Å². The molecule has 2 aliphatic heterocycles. The highest BCUT2D eigenvalue weighted by Gasteiger charge is 2.47. The second-order valence-electron chi connectivity index (χ2n) is 5.34. The summed E-state index contributed by atoms with van der Waals surface area (Å²) in [6, 6.07) is -0.231. The van der Waals surface area contributed by atoms with E-state index in [0.29, 0.717) is 32.5 Å². The van der Waals surface area contributed by atoms with Crippen molar-refractivity contribution in [2.45, 2.75) is 37.3 Å². The minimum absolute atomic E-state index is 0.0316. The number of likely N-dealkylation sites (tertiary alicyclic amines) is 2. The highest BCUT2D eigenvalue weighted by molar-refractivity contribution is 5.65. The van der Waals surface area contributed by atoms with Crippen LogP contribution in [0.3, 0.4) is 0 Å². The number of methoxy groups -OCH3 is 1. The largest absolute Gasteiger partial charge is 0.465 e. The van der Waals surface area contributed by atoms with E-state index in [1.807, 2.05) is 4.90 Å². The van der Waals surface area contributed by atoms with Gasteiger partial charge in [0, 0.05) is 38.7 Å². The van der Waals surface area contributed by atoms with Crippen LogP contribution in [0.1, 0.15) is 19.3 Å². The molecule has 0 radical (unpaired) electrons. The predicted octanol–water partition coefficient (Wildman–Crippen LogP) is 1.48. The van der Waals surface area contributed by atoms with Crippen molar-refractivity contribution in [3.05, 3.63) is 0 Å². The molecule has 1 N–H and O–H groups in total. The van der Waals surface area contributed by atoms with Crippen molar-refractivity contribution in [2.24, 2.45) is 0 Å². The monoisotopic (exact) mass is 278 g/mol. The number of carbonyl (C=O) groups is 1. The summed E-state index contributed by atoms with van der Waals surface area (Å²) in [5.41, 5.74) is 0. The third kappa shape index (κ3) is 3.33. The molecule has 2 rings (SSSR count). The van der Waals surface area contributed by atoms with Gasteiger partial charge in [0.05, 0.1) is 13.2 Å². The maximum atomic E-state index is 13.5. The van der Waals surface area contributed by atoms with Crippen molar-refractivity contribution in [3.63, 3.8) is 0 Å². The lowest BCUT2D eigenvalue weighted by Crippen LogP contribution is -2.49. The molecule has 0 aromatic heterocycles. The molecule has 0 saturated carbocycles. The number of hydrogen-bond donors (Lipinski definition) is 1. The SMILES string of the molecule is COC[C@H]1CC(F)(F)CN1C1CCN(C(=O)O)CC1. The fourth-order valence-electron chi connectivity index (χ4n) is 3.09. The molecule has 2 fully saturated rings. The first-order chi connectivity index (χ1) is 8.93. The fraction of sp³-hybridized carbons (Fsp3) is 0.917. The number of carboxylic acid groups (broad SMARTS) is 1. The molecular weight excluding hydrogens is 258 g/mol. The van der Waals surface area contributed by atoms with E-state index in [1.165, 1.54) is 12.0 Å². The van der Waals surface area contributed by atoms with Crippen molar-refractivity contribution in [2.75, 3.05) is 33.4 Å². The summed E-state index contributed by atoms with van der Waals surface area (Å²) in [5.74, 6) is -2.66. The summed E-state index contributed by atoms with van der Waals surface area (Å²) < 4.78 is 32.1. The molecule has 2 aliphatic rings. The maximum Gasteiger partial charge on any atom is 0.407 e. The lowest BCUT2D eigenvalue weighted by atomic mass is 10.0. The van der Waals surface area contributed by atoms with Gasteiger partial charge in [0.2, 0.25) is 0 Å². The second-order valence-corrected chi connectivity index (χ2v) is 5.34. The molecule has 0 aromatic carbocycles. The molecule has 110 valence electrons. The van der Waals surface area contributed by atoms with Crippen LogP contribution in [0.5, 0.6) is 0 Å². The molecule has 0 spiro atoms. The summed E-state index contributed by atoms with van der Waals surface area (Å²) >= 11 is 0. The van der Waals surface area contributed by atoms with Gasteiger partial charge in [-0.15, -0.1) is 0 Å². The van der Waals surface area contributed by atoms with Crippen LogP contribution in [0.25, 0.3) is 0 Å². The summed E-state index contributed by atoms with van der Waals surface area (Å²) in [7, 11) is 1.52. The molecule has 0 aromatic rings. The van der Waals surface area contributed by atoms with Crippen LogP contribution in [0, 0.1) is 0 Å². The molecule has 1 amide bonds. The Balaban J connectivity index is 1.95. The third-order valence-electron chi connectivity index (χ3n) is 3.98. The van der Waals surface area contributed by atoms with Gasteiger partial charge in [0.25, 0.3) is 5.92 Å². The minimum atomic E-state index is -2.66. The zero-order valence-corrected chi connectivity index (χ0v) is 11.0. The highest BCUT2D eigenvalue weighted by Crippen LogP contribution is 2.35. The molecule has 0 aliphatic carbocycles. The molecule has 2 heterocycles. The second kappa shape index (κ2) is 5.58. The Hall–Kier alpha value is -0.950. The Kier molecular flexibility index (Phi) is 4.25. The number of alkyl halides is 2. The van der Waals surface area contributed by atoms with Crippen LogP contribution in [0.4, 0.5) is 13.6 Å². The van der Waals surface area contributed by atoms with E-state index in [4.69, 9.17) is 9.84 Å². The Morgan fingerprint density at radius 2 is 2.05 bits per heavy atom. The number of amides is 1. The van der Waals surface area contributed by atoms with Crippen molar-refractivity contribution in [1.82, 2.24) is 9.80 Å².